The number of methoxy groups -OCH3 is 3. The summed E-state index contributed by atoms with van der Waals surface area (Å²) in [6.45, 7) is 1.36. The molecule has 1 aliphatic heterocycles. The van der Waals surface area contributed by atoms with Crippen molar-refractivity contribution >= 4 is 29.4 Å². The molecule has 10 nitrogen and oxygen atoms in total. The Kier molecular flexibility index (Phi) is 12.6. The Morgan fingerprint density at radius 1 is 1.00 bits per heavy atom. The van der Waals surface area contributed by atoms with Crippen LogP contribution in [0.25, 0.3) is 11.1 Å². The lowest BCUT2D eigenvalue weighted by molar-refractivity contribution is -0.141. The van der Waals surface area contributed by atoms with E-state index in [1.807, 2.05) is 48.2 Å². The largest absolute Gasteiger partial charge is 0.496 e. The summed E-state index contributed by atoms with van der Waals surface area (Å²) in [4.78, 5) is 30.0. The van der Waals surface area contributed by atoms with E-state index in [0.717, 1.165) is 46.6 Å². The van der Waals surface area contributed by atoms with Gasteiger partial charge in [-0.2, -0.15) is 11.8 Å². The molecule has 0 aliphatic carbocycles. The fourth-order valence-electron chi connectivity index (χ4n) is 4.51. The second-order valence-electron chi connectivity index (χ2n) is 9.23. The summed E-state index contributed by atoms with van der Waals surface area (Å²) < 4.78 is 22.0. The van der Waals surface area contributed by atoms with Crippen LogP contribution >= 0.6 is 11.8 Å². The number of carboxylic acid groups (broad SMARTS) is 1. The molecule has 11 heteroatoms. The Labute approximate surface area is 239 Å². The van der Waals surface area contributed by atoms with Crippen LogP contribution in [0.3, 0.4) is 0 Å². The number of thioether (sulfide) groups is 1. The van der Waals surface area contributed by atoms with E-state index in [0.29, 0.717) is 31.3 Å². The van der Waals surface area contributed by atoms with Crippen LogP contribution in [0.1, 0.15) is 24.0 Å². The number of amides is 1. The van der Waals surface area contributed by atoms with E-state index in [9.17, 15) is 14.7 Å². The maximum absolute atomic E-state index is 13.0. The van der Waals surface area contributed by atoms with Crippen LogP contribution in [0.5, 0.6) is 11.5 Å². The van der Waals surface area contributed by atoms with Crippen LogP contribution in [-0.2, 0) is 36.9 Å². The topological polar surface area (TPSA) is 125 Å². The number of ether oxygens (including phenoxy) is 4. The Balaban J connectivity index is 1.75. The zero-order chi connectivity index (χ0) is 28.9. The molecule has 1 fully saturated rings. The summed E-state index contributed by atoms with van der Waals surface area (Å²) in [5, 5.41) is 16.4. The minimum Gasteiger partial charge on any atom is -0.496 e. The third-order valence-electron chi connectivity index (χ3n) is 6.58. The number of oxime groups is 1. The van der Waals surface area contributed by atoms with Crippen LogP contribution in [0, 0.1) is 5.92 Å². The molecule has 1 atom stereocenters. The molecule has 0 aromatic heterocycles. The predicted octanol–water partition coefficient (Wildman–Crippen LogP) is 3.79. The zero-order valence-electron chi connectivity index (χ0n) is 23.4. The van der Waals surface area contributed by atoms with Crippen LogP contribution in [-0.4, -0.2) is 81.9 Å². The number of aliphatic carboxylic acids is 1. The van der Waals surface area contributed by atoms with Gasteiger partial charge in [0, 0.05) is 19.4 Å². The highest BCUT2D eigenvalue weighted by Gasteiger charge is 2.29. The van der Waals surface area contributed by atoms with Crippen molar-refractivity contribution in [2.24, 2.45) is 11.1 Å². The number of rotatable bonds is 15. The number of carbonyl (C=O) groups excluding carboxylic acids is 1. The number of nitrogens with one attached hydrogen (secondary N) is 1. The van der Waals surface area contributed by atoms with Crippen molar-refractivity contribution in [3.63, 3.8) is 0 Å². The summed E-state index contributed by atoms with van der Waals surface area (Å²) >= 11 is 1.83. The molecular formula is C29H38N2O8S. The van der Waals surface area contributed by atoms with Crippen molar-refractivity contribution in [3.05, 3.63) is 47.5 Å². The number of hydrogen-bond donors (Lipinski definition) is 2. The van der Waals surface area contributed by atoms with E-state index in [1.165, 1.54) is 7.11 Å². The standard InChI is InChI=1S/C29H38N2O8S/c1-35-11-12-39-18-20-16-24(36-2)26(25(17-20)37-3)21-7-5-19(6-8-21)15-23(29(33)34)30-28(32)27(31-38-4)22-9-13-40-14-10-22/h5-8,16-17,22-23H,9-15,18H2,1-4H3,(H,30,32)(H,33,34)/t23-/m0/s1. The quantitative estimate of drug-likeness (QED) is 0.186. The second-order valence-corrected chi connectivity index (χ2v) is 10.5. The highest BCUT2D eigenvalue weighted by molar-refractivity contribution is 7.99. The summed E-state index contributed by atoms with van der Waals surface area (Å²) in [5.74, 6) is 1.41. The van der Waals surface area contributed by atoms with Gasteiger partial charge in [-0.3, -0.25) is 4.79 Å². The number of hydrogen-bond acceptors (Lipinski definition) is 9. The molecule has 0 saturated carbocycles. The number of carboxylic acids is 1. The average Bonchev–Trinajstić information content (AvgIpc) is 2.98. The SMILES string of the molecule is COCCOCc1cc(OC)c(-c2ccc(C[C@H](NC(=O)C(=NOC)C3CCSCC3)C(=O)O)cc2)c(OC)c1. The fraction of sp³-hybridized carbons (Fsp3) is 0.483. The minimum atomic E-state index is -1.13. The zero-order valence-corrected chi connectivity index (χ0v) is 24.3. The van der Waals surface area contributed by atoms with E-state index < -0.39 is 17.9 Å². The van der Waals surface area contributed by atoms with Crippen molar-refractivity contribution in [3.8, 4) is 22.6 Å². The molecule has 2 aromatic carbocycles. The second kappa shape index (κ2) is 16.1. The van der Waals surface area contributed by atoms with E-state index in [2.05, 4.69) is 10.5 Å². The van der Waals surface area contributed by atoms with E-state index >= 15 is 0 Å². The van der Waals surface area contributed by atoms with Crippen LogP contribution < -0.4 is 14.8 Å². The monoisotopic (exact) mass is 574 g/mol. The molecule has 1 saturated heterocycles. The highest BCUT2D eigenvalue weighted by atomic mass is 32.2. The third kappa shape index (κ3) is 8.61. The molecule has 1 aliphatic rings. The van der Waals surface area contributed by atoms with E-state index in [4.69, 9.17) is 23.8 Å². The molecule has 2 N–H and O–H groups in total. The molecule has 0 spiro atoms. The lowest BCUT2D eigenvalue weighted by Crippen LogP contribution is -2.47. The number of benzene rings is 2. The molecule has 1 amide bonds. The van der Waals surface area contributed by atoms with Gasteiger partial charge in [-0.05, 0) is 53.2 Å². The first-order chi connectivity index (χ1) is 19.4. The van der Waals surface area contributed by atoms with Gasteiger partial charge in [-0.1, -0.05) is 29.4 Å². The van der Waals surface area contributed by atoms with Gasteiger partial charge in [0.05, 0.1) is 39.6 Å². The van der Waals surface area contributed by atoms with Crippen molar-refractivity contribution in [1.82, 2.24) is 5.32 Å². The highest BCUT2D eigenvalue weighted by Crippen LogP contribution is 2.40. The van der Waals surface area contributed by atoms with E-state index in [1.54, 1.807) is 21.3 Å². The van der Waals surface area contributed by atoms with Crippen molar-refractivity contribution in [1.29, 1.82) is 0 Å². The van der Waals surface area contributed by atoms with Gasteiger partial charge in [-0.15, -0.1) is 0 Å². The molecule has 218 valence electrons. The van der Waals surface area contributed by atoms with Gasteiger partial charge in [0.25, 0.3) is 5.91 Å². The smallest absolute Gasteiger partial charge is 0.326 e. The summed E-state index contributed by atoms with van der Waals surface area (Å²) in [5.41, 5.74) is 3.50. The molecule has 2 aromatic rings. The fourth-order valence-corrected chi connectivity index (χ4v) is 5.62. The van der Waals surface area contributed by atoms with Crippen molar-refractivity contribution < 1.29 is 38.5 Å². The normalized spacial score (nSPS) is 14.8. The van der Waals surface area contributed by atoms with Crippen LogP contribution in [0.15, 0.2) is 41.6 Å². The van der Waals surface area contributed by atoms with Gasteiger partial charge in [0.1, 0.15) is 30.4 Å². The lowest BCUT2D eigenvalue weighted by Gasteiger charge is -2.23. The maximum atomic E-state index is 13.0. The minimum absolute atomic E-state index is 0.0526. The Hall–Kier alpha value is -3.28. The van der Waals surface area contributed by atoms with Gasteiger partial charge in [0.15, 0.2) is 0 Å². The lowest BCUT2D eigenvalue weighted by atomic mass is 9.95. The van der Waals surface area contributed by atoms with Crippen molar-refractivity contribution in [2.75, 3.05) is 53.2 Å². The predicted molar refractivity (Wildman–Crippen MR) is 154 cm³/mol. The van der Waals surface area contributed by atoms with Crippen LogP contribution in [0.2, 0.25) is 0 Å². The Morgan fingerprint density at radius 3 is 2.20 bits per heavy atom. The number of carbonyl (C=O) groups is 2. The van der Waals surface area contributed by atoms with Gasteiger partial charge < -0.3 is 34.2 Å². The molecule has 1 heterocycles. The maximum Gasteiger partial charge on any atom is 0.326 e. The summed E-state index contributed by atoms with van der Waals surface area (Å²) in [7, 11) is 6.19. The molecule has 3 rings (SSSR count). The van der Waals surface area contributed by atoms with Gasteiger partial charge in [-0.25, -0.2) is 4.79 Å². The molecular weight excluding hydrogens is 536 g/mol. The first kappa shape index (κ1) is 31.3. The van der Waals surface area contributed by atoms with Crippen LogP contribution in [0.4, 0.5) is 0 Å². The molecule has 0 bridgehead atoms. The molecule has 0 radical (unpaired) electrons. The summed E-state index contributed by atoms with van der Waals surface area (Å²) in [6.07, 6.45) is 1.70. The Morgan fingerprint density at radius 2 is 1.65 bits per heavy atom. The number of nitrogens with zero attached hydrogens (tertiary/aromatic N) is 1. The van der Waals surface area contributed by atoms with Gasteiger partial charge in [0.2, 0.25) is 0 Å². The van der Waals surface area contributed by atoms with E-state index in [-0.39, 0.29) is 18.1 Å². The Bertz CT molecular complexity index is 1120. The first-order valence-corrected chi connectivity index (χ1v) is 14.2. The average molecular weight is 575 g/mol. The van der Waals surface area contributed by atoms with Crippen molar-refractivity contribution in [2.45, 2.75) is 31.9 Å². The van der Waals surface area contributed by atoms with Gasteiger partial charge >= 0.3 is 5.97 Å². The third-order valence-corrected chi connectivity index (χ3v) is 7.63. The summed E-state index contributed by atoms with van der Waals surface area (Å²) in [6, 6.07) is 10.1. The molecule has 0 unspecified atom stereocenters. The first-order valence-electron chi connectivity index (χ1n) is 13.0. The molecule has 40 heavy (non-hydrogen) atoms.